The lowest BCUT2D eigenvalue weighted by molar-refractivity contribution is 1.06. The summed E-state index contributed by atoms with van der Waals surface area (Å²) < 4.78 is 0. The third-order valence-corrected chi connectivity index (χ3v) is 3.21. The van der Waals surface area contributed by atoms with E-state index >= 15 is 0 Å². The summed E-state index contributed by atoms with van der Waals surface area (Å²) in [5, 5.41) is 22.1. The Hall–Kier alpha value is -3.66. The molecular weight excluding hydrogens is 292 g/mol. The standard InChI is InChI=1S/C16H12N6O/c17-9-10-1-7-13(8-2-10)19-21-15-14(20-22-16(15)23)11-3-5-12(18)6-4-11/h1-8H,18H2,(H2,20,22,23). The van der Waals surface area contributed by atoms with E-state index in [2.05, 4.69) is 20.4 Å². The number of azo groups is 1. The molecule has 2 aromatic carbocycles. The first-order chi connectivity index (χ1) is 11.2. The average Bonchev–Trinajstić information content (AvgIpc) is 2.95. The molecular formula is C16H12N6O. The highest BCUT2D eigenvalue weighted by molar-refractivity contribution is 5.72. The van der Waals surface area contributed by atoms with Crippen LogP contribution in [0.3, 0.4) is 0 Å². The second-order valence-electron chi connectivity index (χ2n) is 4.78. The molecule has 0 fully saturated rings. The Morgan fingerprint density at radius 3 is 2.30 bits per heavy atom. The molecule has 0 aliphatic carbocycles. The van der Waals surface area contributed by atoms with Gasteiger partial charge in [0.05, 0.1) is 23.0 Å². The minimum Gasteiger partial charge on any atom is -0.399 e. The van der Waals surface area contributed by atoms with Gasteiger partial charge in [-0.1, -0.05) is 12.1 Å². The predicted molar refractivity (Wildman–Crippen MR) is 86.6 cm³/mol. The molecule has 112 valence electrons. The normalized spacial score (nSPS) is 10.7. The summed E-state index contributed by atoms with van der Waals surface area (Å²) in [4.78, 5) is 11.9. The Balaban J connectivity index is 1.95. The molecule has 0 unspecified atom stereocenters. The first kappa shape index (κ1) is 14.3. The van der Waals surface area contributed by atoms with Gasteiger partial charge in [0, 0.05) is 11.3 Å². The van der Waals surface area contributed by atoms with Crippen LogP contribution in [-0.4, -0.2) is 10.2 Å². The molecule has 1 aromatic heterocycles. The maximum absolute atomic E-state index is 11.9. The Morgan fingerprint density at radius 1 is 0.957 bits per heavy atom. The third kappa shape index (κ3) is 3.01. The van der Waals surface area contributed by atoms with Crippen molar-refractivity contribution < 1.29 is 0 Å². The highest BCUT2D eigenvalue weighted by Gasteiger charge is 2.11. The van der Waals surface area contributed by atoms with Crippen molar-refractivity contribution in [3.8, 4) is 17.3 Å². The van der Waals surface area contributed by atoms with Gasteiger partial charge in [-0.15, -0.1) is 5.11 Å². The molecule has 0 saturated carbocycles. The number of hydrogen-bond acceptors (Lipinski definition) is 5. The second-order valence-corrected chi connectivity index (χ2v) is 4.78. The number of nitrogens with two attached hydrogens (primary N) is 1. The number of H-pyrrole nitrogens is 2. The van der Waals surface area contributed by atoms with Crippen LogP contribution in [0.15, 0.2) is 63.6 Å². The van der Waals surface area contributed by atoms with Crippen molar-refractivity contribution >= 4 is 17.1 Å². The van der Waals surface area contributed by atoms with Gasteiger partial charge in [0.1, 0.15) is 0 Å². The SMILES string of the molecule is N#Cc1ccc(N=Nc2c(-c3ccc(N)cc3)[nH][nH]c2=O)cc1. The van der Waals surface area contributed by atoms with Crippen LogP contribution in [0.1, 0.15) is 5.56 Å². The number of benzene rings is 2. The Bertz CT molecular complexity index is 942. The van der Waals surface area contributed by atoms with Crippen LogP contribution in [0, 0.1) is 11.3 Å². The fourth-order valence-electron chi connectivity index (χ4n) is 2.02. The smallest absolute Gasteiger partial charge is 0.292 e. The number of nitrogens with one attached hydrogen (secondary N) is 2. The van der Waals surface area contributed by atoms with E-state index in [1.165, 1.54) is 0 Å². The average molecular weight is 304 g/mol. The van der Waals surface area contributed by atoms with Gasteiger partial charge in [0.2, 0.25) is 0 Å². The summed E-state index contributed by atoms with van der Waals surface area (Å²) in [5.74, 6) is 0. The summed E-state index contributed by atoms with van der Waals surface area (Å²) in [6, 6.07) is 15.7. The molecule has 3 rings (SSSR count). The molecule has 0 aliphatic rings. The van der Waals surface area contributed by atoms with Gasteiger partial charge in [-0.25, -0.2) is 0 Å². The highest BCUT2D eigenvalue weighted by Crippen LogP contribution is 2.27. The lowest BCUT2D eigenvalue weighted by Crippen LogP contribution is -1.96. The van der Waals surface area contributed by atoms with Gasteiger partial charge in [0.25, 0.3) is 5.56 Å². The number of nitrogens with zero attached hydrogens (tertiary/aromatic N) is 3. The first-order valence-electron chi connectivity index (χ1n) is 6.76. The molecule has 0 atom stereocenters. The van der Waals surface area contributed by atoms with Crippen molar-refractivity contribution in [1.82, 2.24) is 10.2 Å². The molecule has 0 bridgehead atoms. The van der Waals surface area contributed by atoms with E-state index in [1.807, 2.05) is 6.07 Å². The monoisotopic (exact) mass is 304 g/mol. The van der Waals surface area contributed by atoms with Crippen molar-refractivity contribution in [1.29, 1.82) is 5.26 Å². The number of nitriles is 1. The number of anilines is 1. The lowest BCUT2D eigenvalue weighted by atomic mass is 10.1. The Morgan fingerprint density at radius 2 is 1.65 bits per heavy atom. The van der Waals surface area contributed by atoms with Crippen LogP contribution in [0.2, 0.25) is 0 Å². The molecule has 0 aliphatic heterocycles. The number of nitrogen functional groups attached to an aromatic ring is 1. The van der Waals surface area contributed by atoms with Gasteiger partial charge in [-0.05, 0) is 36.4 Å². The van der Waals surface area contributed by atoms with E-state index in [9.17, 15) is 4.79 Å². The predicted octanol–water partition coefficient (Wildman–Crippen LogP) is 3.24. The zero-order chi connectivity index (χ0) is 16.2. The minimum atomic E-state index is -0.366. The largest absolute Gasteiger partial charge is 0.399 e. The highest BCUT2D eigenvalue weighted by atomic mass is 16.1. The van der Waals surface area contributed by atoms with Gasteiger partial charge < -0.3 is 5.73 Å². The van der Waals surface area contributed by atoms with Crippen molar-refractivity contribution in [3.63, 3.8) is 0 Å². The molecule has 0 radical (unpaired) electrons. The second kappa shape index (κ2) is 5.99. The number of hydrogen-bond donors (Lipinski definition) is 3. The Labute approximate surface area is 131 Å². The summed E-state index contributed by atoms with van der Waals surface area (Å²) >= 11 is 0. The summed E-state index contributed by atoms with van der Waals surface area (Å²) in [5.41, 5.74) is 8.49. The fourth-order valence-corrected chi connectivity index (χ4v) is 2.02. The zero-order valence-electron chi connectivity index (χ0n) is 11.9. The van der Waals surface area contributed by atoms with Crippen LogP contribution in [0.25, 0.3) is 11.3 Å². The minimum absolute atomic E-state index is 0.180. The first-order valence-corrected chi connectivity index (χ1v) is 6.76. The van der Waals surface area contributed by atoms with E-state index in [4.69, 9.17) is 11.0 Å². The van der Waals surface area contributed by atoms with Crippen molar-refractivity contribution in [2.45, 2.75) is 0 Å². The molecule has 0 saturated heterocycles. The molecule has 7 nitrogen and oxygen atoms in total. The maximum atomic E-state index is 11.9. The summed E-state index contributed by atoms with van der Waals surface area (Å²) in [6.45, 7) is 0. The number of aromatic nitrogens is 2. The van der Waals surface area contributed by atoms with E-state index < -0.39 is 0 Å². The van der Waals surface area contributed by atoms with E-state index in [1.54, 1.807) is 48.5 Å². The lowest BCUT2D eigenvalue weighted by Gasteiger charge is -1.99. The molecule has 3 aromatic rings. The molecule has 7 heteroatoms. The quantitative estimate of drug-likeness (QED) is 0.508. The maximum Gasteiger partial charge on any atom is 0.292 e. The summed E-state index contributed by atoms with van der Waals surface area (Å²) in [7, 11) is 0. The number of aromatic amines is 2. The molecule has 0 spiro atoms. The van der Waals surface area contributed by atoms with Crippen LogP contribution in [0.4, 0.5) is 17.1 Å². The molecule has 23 heavy (non-hydrogen) atoms. The van der Waals surface area contributed by atoms with Crippen LogP contribution < -0.4 is 11.3 Å². The molecule has 4 N–H and O–H groups in total. The van der Waals surface area contributed by atoms with E-state index in [-0.39, 0.29) is 11.2 Å². The van der Waals surface area contributed by atoms with Gasteiger partial charge in [0.15, 0.2) is 5.69 Å². The van der Waals surface area contributed by atoms with Gasteiger partial charge in [-0.2, -0.15) is 10.4 Å². The Kier molecular flexibility index (Phi) is 3.72. The van der Waals surface area contributed by atoms with Crippen molar-refractivity contribution in [2.75, 3.05) is 5.73 Å². The topological polar surface area (TPSA) is 123 Å². The van der Waals surface area contributed by atoms with Gasteiger partial charge >= 0.3 is 0 Å². The van der Waals surface area contributed by atoms with Gasteiger partial charge in [-0.3, -0.25) is 15.0 Å². The van der Waals surface area contributed by atoms with E-state index in [0.717, 1.165) is 5.56 Å². The van der Waals surface area contributed by atoms with Crippen LogP contribution >= 0.6 is 0 Å². The third-order valence-electron chi connectivity index (χ3n) is 3.21. The molecule has 1 heterocycles. The van der Waals surface area contributed by atoms with E-state index in [0.29, 0.717) is 22.6 Å². The van der Waals surface area contributed by atoms with Crippen molar-refractivity contribution in [2.24, 2.45) is 10.2 Å². The number of rotatable bonds is 3. The van der Waals surface area contributed by atoms with Crippen LogP contribution in [0.5, 0.6) is 0 Å². The molecule has 0 amide bonds. The van der Waals surface area contributed by atoms with Crippen LogP contribution in [-0.2, 0) is 0 Å². The van der Waals surface area contributed by atoms with Crippen molar-refractivity contribution in [3.05, 3.63) is 64.4 Å². The fraction of sp³-hybridized carbons (Fsp3) is 0. The summed E-state index contributed by atoms with van der Waals surface area (Å²) in [6.07, 6.45) is 0. The zero-order valence-corrected chi connectivity index (χ0v) is 11.9.